The molecule has 0 unspecified atom stereocenters. The van der Waals surface area contributed by atoms with E-state index in [4.69, 9.17) is 5.11 Å². The van der Waals surface area contributed by atoms with Gasteiger partial charge in [-0.25, -0.2) is 9.78 Å². The highest BCUT2D eigenvalue weighted by molar-refractivity contribution is 9.09. The molecular weight excluding hydrogens is 296 g/mol. The molecule has 0 amide bonds. The number of aryl methyl sites for hydroxylation is 1. The lowest BCUT2D eigenvalue weighted by Gasteiger charge is -2.13. The highest BCUT2D eigenvalue weighted by atomic mass is 79.9. The van der Waals surface area contributed by atoms with E-state index in [0.717, 1.165) is 12.8 Å². The van der Waals surface area contributed by atoms with Crippen molar-refractivity contribution in [1.82, 2.24) is 4.98 Å². The molecule has 0 radical (unpaired) electrons. The average molecular weight is 306 g/mol. The summed E-state index contributed by atoms with van der Waals surface area (Å²) in [6, 6.07) is 1.20. The summed E-state index contributed by atoms with van der Waals surface area (Å²) >= 11 is 2.24. The van der Waals surface area contributed by atoms with Gasteiger partial charge in [-0.05, 0) is 53.2 Å². The number of nitrogens with zero attached hydrogens (tertiary/aromatic N) is 1. The second kappa shape index (κ2) is 4.01. The van der Waals surface area contributed by atoms with Gasteiger partial charge in [0.2, 0.25) is 0 Å². The zero-order chi connectivity index (χ0) is 12.8. The van der Waals surface area contributed by atoms with Crippen molar-refractivity contribution in [2.24, 2.45) is 0 Å². The van der Waals surface area contributed by atoms with Crippen LogP contribution in [0.15, 0.2) is 6.07 Å². The van der Waals surface area contributed by atoms with Crippen LogP contribution in [0, 0.1) is 6.92 Å². The first-order chi connectivity index (χ1) is 7.80. The Hall–Kier alpha value is -1.04. The van der Waals surface area contributed by atoms with E-state index in [9.17, 15) is 13.6 Å². The average Bonchev–Trinajstić information content (AvgIpc) is 2.96. The van der Waals surface area contributed by atoms with Gasteiger partial charge in [-0.2, -0.15) is 8.78 Å². The number of hydrogen-bond donors (Lipinski definition) is 1. The molecule has 0 aromatic carbocycles. The van der Waals surface area contributed by atoms with Crippen LogP contribution in [0.5, 0.6) is 0 Å². The third-order valence-corrected chi connectivity index (χ3v) is 3.16. The van der Waals surface area contributed by atoms with Gasteiger partial charge in [-0.1, -0.05) is 0 Å². The maximum Gasteiger partial charge on any atom is 0.343 e. The molecule has 92 valence electrons. The highest BCUT2D eigenvalue weighted by Crippen LogP contribution is 2.44. The van der Waals surface area contributed by atoms with Gasteiger partial charge in [-0.15, -0.1) is 0 Å². The number of carboxylic acids is 1. The largest absolute Gasteiger partial charge is 0.478 e. The number of alkyl halides is 3. The van der Waals surface area contributed by atoms with E-state index in [1.165, 1.54) is 13.0 Å². The topological polar surface area (TPSA) is 50.2 Å². The Morgan fingerprint density at radius 1 is 1.59 bits per heavy atom. The molecule has 3 nitrogen and oxygen atoms in total. The molecule has 0 spiro atoms. The zero-order valence-electron chi connectivity index (χ0n) is 9.01. The van der Waals surface area contributed by atoms with E-state index >= 15 is 0 Å². The van der Waals surface area contributed by atoms with E-state index in [0.29, 0.717) is 5.56 Å². The number of aromatic carboxylic acids is 1. The van der Waals surface area contributed by atoms with Crippen LogP contribution in [0.25, 0.3) is 0 Å². The maximum absolute atomic E-state index is 13.1. The second-order valence-corrected chi connectivity index (χ2v) is 5.13. The third kappa shape index (κ3) is 2.46. The molecule has 17 heavy (non-hydrogen) atoms. The summed E-state index contributed by atoms with van der Waals surface area (Å²) in [5.41, 5.74) is 0.241. The first-order valence-electron chi connectivity index (χ1n) is 5.12. The van der Waals surface area contributed by atoms with Crippen molar-refractivity contribution in [2.75, 3.05) is 0 Å². The SMILES string of the molecule is Cc1nc(C(F)(F)Br)cc(C2CC2)c1C(=O)O. The Morgan fingerprint density at radius 2 is 2.18 bits per heavy atom. The van der Waals surface area contributed by atoms with Crippen molar-refractivity contribution in [3.05, 3.63) is 28.6 Å². The standard InChI is InChI=1S/C11H10BrF2NO2/c1-5-9(10(16)17)7(6-2-3-6)4-8(15-5)11(12,13)14/h4,6H,2-3H2,1H3,(H,16,17). The maximum atomic E-state index is 13.1. The number of carboxylic acid groups (broad SMARTS) is 1. The first kappa shape index (κ1) is 12.4. The summed E-state index contributed by atoms with van der Waals surface area (Å²) in [5.74, 6) is -1.03. The van der Waals surface area contributed by atoms with Crippen molar-refractivity contribution in [3.63, 3.8) is 0 Å². The van der Waals surface area contributed by atoms with Crippen LogP contribution in [-0.4, -0.2) is 16.1 Å². The summed E-state index contributed by atoms with van der Waals surface area (Å²) in [7, 11) is 0. The minimum atomic E-state index is -3.22. The van der Waals surface area contributed by atoms with E-state index in [1.54, 1.807) is 0 Å². The van der Waals surface area contributed by atoms with Crippen LogP contribution in [0.2, 0.25) is 0 Å². The Labute approximate surface area is 105 Å². The Morgan fingerprint density at radius 3 is 2.59 bits per heavy atom. The number of rotatable bonds is 3. The molecule has 1 N–H and O–H groups in total. The van der Waals surface area contributed by atoms with Crippen LogP contribution in [-0.2, 0) is 4.83 Å². The quantitative estimate of drug-likeness (QED) is 0.871. The van der Waals surface area contributed by atoms with Crippen LogP contribution < -0.4 is 0 Å². The lowest BCUT2D eigenvalue weighted by molar-refractivity contribution is 0.0692. The number of hydrogen-bond acceptors (Lipinski definition) is 2. The zero-order valence-corrected chi connectivity index (χ0v) is 10.6. The summed E-state index contributed by atoms with van der Waals surface area (Å²) in [6.07, 6.45) is 1.69. The minimum absolute atomic E-state index is 0.0630. The lowest BCUT2D eigenvalue weighted by Crippen LogP contribution is -2.13. The molecule has 1 aromatic heterocycles. The van der Waals surface area contributed by atoms with Gasteiger partial charge in [0.25, 0.3) is 0 Å². The Balaban J connectivity index is 2.60. The number of halogens is 3. The van der Waals surface area contributed by atoms with Crippen molar-refractivity contribution >= 4 is 21.9 Å². The Bertz CT molecular complexity index is 481. The van der Waals surface area contributed by atoms with E-state index in [-0.39, 0.29) is 17.2 Å². The molecule has 1 aromatic rings. The summed E-state index contributed by atoms with van der Waals surface area (Å²) in [5, 5.41) is 9.08. The number of aromatic nitrogens is 1. The second-order valence-electron chi connectivity index (χ2n) is 4.13. The summed E-state index contributed by atoms with van der Waals surface area (Å²) in [4.78, 5) is 11.5. The van der Waals surface area contributed by atoms with Gasteiger partial charge in [0.1, 0.15) is 5.69 Å². The minimum Gasteiger partial charge on any atom is -0.478 e. The molecular formula is C11H10BrF2NO2. The molecule has 0 aliphatic heterocycles. The summed E-state index contributed by atoms with van der Waals surface area (Å²) in [6.45, 7) is 1.44. The lowest BCUT2D eigenvalue weighted by atomic mass is 10.0. The predicted octanol–water partition coefficient (Wildman–Crippen LogP) is 3.41. The van der Waals surface area contributed by atoms with Gasteiger partial charge >= 0.3 is 10.8 Å². The number of pyridine rings is 1. The molecule has 1 saturated carbocycles. The van der Waals surface area contributed by atoms with Crippen LogP contribution in [0.4, 0.5) is 8.78 Å². The van der Waals surface area contributed by atoms with Crippen molar-refractivity contribution < 1.29 is 18.7 Å². The smallest absolute Gasteiger partial charge is 0.343 e. The molecule has 0 atom stereocenters. The fourth-order valence-corrected chi connectivity index (χ4v) is 2.04. The van der Waals surface area contributed by atoms with Crippen molar-refractivity contribution in [1.29, 1.82) is 0 Å². The molecule has 0 saturated heterocycles. The monoisotopic (exact) mass is 305 g/mol. The van der Waals surface area contributed by atoms with Crippen molar-refractivity contribution in [3.8, 4) is 0 Å². The van der Waals surface area contributed by atoms with Crippen molar-refractivity contribution in [2.45, 2.75) is 30.5 Å². The Kier molecular flexibility index (Phi) is 2.93. The normalized spacial score (nSPS) is 16.0. The fraction of sp³-hybridized carbons (Fsp3) is 0.455. The third-order valence-electron chi connectivity index (χ3n) is 2.75. The van der Waals surface area contributed by atoms with Crippen LogP contribution in [0.3, 0.4) is 0 Å². The van der Waals surface area contributed by atoms with E-state index < -0.39 is 16.5 Å². The van der Waals surface area contributed by atoms with Crippen LogP contribution in [0.1, 0.15) is 46.1 Å². The molecule has 2 rings (SSSR count). The first-order valence-corrected chi connectivity index (χ1v) is 5.92. The van der Waals surface area contributed by atoms with Crippen LogP contribution >= 0.6 is 15.9 Å². The van der Waals surface area contributed by atoms with E-state index in [2.05, 4.69) is 20.9 Å². The van der Waals surface area contributed by atoms with Gasteiger partial charge < -0.3 is 5.11 Å². The molecule has 0 bridgehead atoms. The molecule has 1 heterocycles. The van der Waals surface area contributed by atoms with E-state index in [1.807, 2.05) is 0 Å². The van der Waals surface area contributed by atoms with Gasteiger partial charge in [0.15, 0.2) is 0 Å². The highest BCUT2D eigenvalue weighted by Gasteiger charge is 2.35. The summed E-state index contributed by atoms with van der Waals surface area (Å²) < 4.78 is 26.3. The fourth-order valence-electron chi connectivity index (χ4n) is 1.84. The molecule has 6 heteroatoms. The molecule has 1 aliphatic rings. The molecule has 1 fully saturated rings. The van der Waals surface area contributed by atoms with Gasteiger partial charge in [-0.3, -0.25) is 0 Å². The van der Waals surface area contributed by atoms with Gasteiger partial charge in [0.05, 0.1) is 11.3 Å². The number of carbonyl (C=O) groups is 1. The predicted molar refractivity (Wildman–Crippen MR) is 60.7 cm³/mol. The van der Waals surface area contributed by atoms with Gasteiger partial charge in [0, 0.05) is 0 Å². The molecule has 1 aliphatic carbocycles.